The van der Waals surface area contributed by atoms with Crippen molar-refractivity contribution in [2.75, 3.05) is 84.2 Å². The van der Waals surface area contributed by atoms with Gasteiger partial charge in [0.05, 0.1) is 54.1 Å². The Bertz CT molecular complexity index is 420. The van der Waals surface area contributed by atoms with Crippen LogP contribution in [0.1, 0.15) is 39.5 Å². The van der Waals surface area contributed by atoms with Crippen LogP contribution in [0.5, 0.6) is 0 Å². The second kappa shape index (κ2) is 16.3. The minimum absolute atomic E-state index is 0.119. The number of esters is 2. The van der Waals surface area contributed by atoms with E-state index < -0.39 is 0 Å². The first-order valence-electron chi connectivity index (χ1n) is 10.7. The third kappa shape index (κ3) is 18.1. The fraction of sp³-hybridized carbons (Fsp3) is 0.905. The molecule has 0 atom stereocenters. The third-order valence-corrected chi connectivity index (χ3v) is 6.96. The van der Waals surface area contributed by atoms with Crippen LogP contribution in [0.4, 0.5) is 0 Å². The lowest BCUT2D eigenvalue weighted by Gasteiger charge is -2.28. The number of likely N-dealkylation sites (N-methyl/N-ethyl adjacent to an activating group) is 2. The van der Waals surface area contributed by atoms with Crippen LogP contribution in [0.2, 0.25) is 0 Å². The molecule has 0 radical (unpaired) electrons. The first kappa shape index (κ1) is 28.6. The van der Waals surface area contributed by atoms with Crippen LogP contribution >= 0.6 is 23.5 Å². The lowest BCUT2D eigenvalue weighted by atomic mass is 10.4. The molecule has 0 aromatic carbocycles. The van der Waals surface area contributed by atoms with Crippen LogP contribution in [0, 0.1) is 0 Å². The van der Waals surface area contributed by atoms with Gasteiger partial charge in [0.1, 0.15) is 26.3 Å². The average Bonchev–Trinajstić information content (AvgIpc) is 2.60. The zero-order chi connectivity index (χ0) is 22.2. The molecule has 0 rings (SSSR count). The third-order valence-electron chi connectivity index (χ3n) is 4.64. The van der Waals surface area contributed by atoms with Gasteiger partial charge in [0.2, 0.25) is 0 Å². The Labute approximate surface area is 187 Å². The van der Waals surface area contributed by atoms with Crippen LogP contribution in [0.25, 0.3) is 0 Å². The van der Waals surface area contributed by atoms with E-state index in [1.165, 1.54) is 0 Å². The van der Waals surface area contributed by atoms with Crippen LogP contribution in [-0.2, 0) is 19.1 Å². The number of quaternary nitrogens is 2. The minimum atomic E-state index is -0.119. The van der Waals surface area contributed by atoms with Gasteiger partial charge >= 0.3 is 11.9 Å². The summed E-state index contributed by atoms with van der Waals surface area (Å²) >= 11 is 3.42. The van der Waals surface area contributed by atoms with Crippen LogP contribution < -0.4 is 0 Å². The Kier molecular flexibility index (Phi) is 16.0. The maximum atomic E-state index is 11.8. The maximum Gasteiger partial charge on any atom is 0.306 e. The predicted molar refractivity (Wildman–Crippen MR) is 125 cm³/mol. The highest BCUT2D eigenvalue weighted by molar-refractivity contribution is 8.15. The number of nitrogens with zero attached hydrogens (tertiary/aromatic N) is 2. The lowest BCUT2D eigenvalue weighted by molar-refractivity contribution is -0.890. The van der Waals surface area contributed by atoms with E-state index in [0.717, 1.165) is 64.6 Å². The zero-order valence-electron chi connectivity index (χ0n) is 19.5. The second-order valence-electron chi connectivity index (χ2n) is 8.64. The number of rotatable bonds is 18. The van der Waals surface area contributed by atoms with Gasteiger partial charge in [0, 0.05) is 16.6 Å². The maximum absolute atomic E-state index is 11.8. The van der Waals surface area contributed by atoms with E-state index in [-0.39, 0.29) is 11.9 Å². The molecule has 0 bridgehead atoms. The van der Waals surface area contributed by atoms with Crippen molar-refractivity contribution in [3.05, 3.63) is 0 Å². The summed E-state index contributed by atoms with van der Waals surface area (Å²) in [6.07, 6.45) is 3.15. The van der Waals surface area contributed by atoms with Crippen molar-refractivity contribution in [2.45, 2.75) is 39.5 Å². The van der Waals surface area contributed by atoms with Gasteiger partial charge in [0.15, 0.2) is 0 Å². The van der Waals surface area contributed by atoms with E-state index in [9.17, 15) is 9.59 Å². The van der Waals surface area contributed by atoms with Crippen molar-refractivity contribution < 1.29 is 28.0 Å². The summed E-state index contributed by atoms with van der Waals surface area (Å²) in [4.78, 5) is 23.5. The van der Waals surface area contributed by atoms with Gasteiger partial charge in [-0.25, -0.2) is 0 Å². The minimum Gasteiger partial charge on any atom is -0.460 e. The summed E-state index contributed by atoms with van der Waals surface area (Å²) in [5.74, 6) is 1.28. The number of carbonyl (C=O) groups is 2. The summed E-state index contributed by atoms with van der Waals surface area (Å²) in [6.45, 7) is 9.20. The average molecular weight is 453 g/mol. The van der Waals surface area contributed by atoms with Crippen molar-refractivity contribution in [1.29, 1.82) is 0 Å². The van der Waals surface area contributed by atoms with Crippen molar-refractivity contribution >= 4 is 35.5 Å². The Morgan fingerprint density at radius 3 is 1.41 bits per heavy atom. The van der Waals surface area contributed by atoms with Crippen LogP contribution in [0.3, 0.4) is 0 Å². The Morgan fingerprint density at radius 1 is 0.690 bits per heavy atom. The highest BCUT2D eigenvalue weighted by Crippen LogP contribution is 2.14. The molecule has 0 heterocycles. The number of ether oxygens (including phenoxy) is 2. The number of thioether (sulfide) groups is 2. The molecular weight excluding hydrogens is 408 g/mol. The molecule has 29 heavy (non-hydrogen) atoms. The van der Waals surface area contributed by atoms with E-state index in [0.29, 0.717) is 26.1 Å². The standard InChI is InChI=1S/C21H44N2O4S2/c1-7-11-22(3,4)13-15-26-20(24)9-17-28-19-29-18-10-21(25)27-16-14-23(5,6)12-8-2/h7-19H2,1-6H3/q+2. The Balaban J connectivity index is 3.56. The molecule has 0 aromatic heterocycles. The monoisotopic (exact) mass is 452 g/mol. The molecule has 0 saturated heterocycles. The molecule has 0 spiro atoms. The van der Waals surface area contributed by atoms with E-state index in [1.54, 1.807) is 23.5 Å². The smallest absolute Gasteiger partial charge is 0.306 e. The molecule has 0 aliphatic rings. The van der Waals surface area contributed by atoms with Gasteiger partial charge in [-0.05, 0) is 12.8 Å². The van der Waals surface area contributed by atoms with Crippen LogP contribution in [-0.4, -0.2) is 105 Å². The predicted octanol–water partition coefficient (Wildman–Crippen LogP) is 3.25. The molecule has 0 amide bonds. The fourth-order valence-electron chi connectivity index (χ4n) is 2.88. The fourth-order valence-corrected chi connectivity index (χ4v) is 4.92. The van der Waals surface area contributed by atoms with Gasteiger partial charge in [0.25, 0.3) is 0 Å². The Morgan fingerprint density at radius 2 is 1.07 bits per heavy atom. The molecule has 0 unspecified atom stereocenters. The van der Waals surface area contributed by atoms with Crippen molar-refractivity contribution in [2.24, 2.45) is 0 Å². The molecule has 172 valence electrons. The summed E-state index contributed by atoms with van der Waals surface area (Å²) in [5, 5.41) is 0.876. The molecule has 0 fully saturated rings. The van der Waals surface area contributed by atoms with Gasteiger partial charge in [-0.2, -0.15) is 23.5 Å². The summed E-state index contributed by atoms with van der Waals surface area (Å²) in [6, 6.07) is 0. The van der Waals surface area contributed by atoms with Crippen molar-refractivity contribution in [3.8, 4) is 0 Å². The molecule has 8 heteroatoms. The van der Waals surface area contributed by atoms with Crippen molar-refractivity contribution in [3.63, 3.8) is 0 Å². The zero-order valence-corrected chi connectivity index (χ0v) is 21.2. The largest absolute Gasteiger partial charge is 0.460 e. The summed E-state index contributed by atoms with van der Waals surface area (Å²) in [5.41, 5.74) is 0. The highest BCUT2D eigenvalue weighted by atomic mass is 32.2. The molecule has 0 aromatic rings. The highest BCUT2D eigenvalue weighted by Gasteiger charge is 2.15. The number of hydrogen-bond acceptors (Lipinski definition) is 6. The lowest BCUT2D eigenvalue weighted by Crippen LogP contribution is -2.43. The number of hydrogen-bond donors (Lipinski definition) is 0. The van der Waals surface area contributed by atoms with E-state index in [2.05, 4.69) is 42.0 Å². The van der Waals surface area contributed by atoms with E-state index in [1.807, 2.05) is 0 Å². The summed E-state index contributed by atoms with van der Waals surface area (Å²) in [7, 11) is 8.64. The molecule has 0 aliphatic heterocycles. The summed E-state index contributed by atoms with van der Waals surface area (Å²) < 4.78 is 12.4. The van der Waals surface area contributed by atoms with E-state index in [4.69, 9.17) is 9.47 Å². The van der Waals surface area contributed by atoms with Gasteiger partial charge < -0.3 is 18.4 Å². The number of carbonyl (C=O) groups excluding carboxylic acids is 2. The molecular formula is C21H44N2O4S2+2. The van der Waals surface area contributed by atoms with E-state index >= 15 is 0 Å². The normalized spacial score (nSPS) is 12.1. The topological polar surface area (TPSA) is 52.6 Å². The van der Waals surface area contributed by atoms with Gasteiger partial charge in [-0.3, -0.25) is 9.59 Å². The first-order chi connectivity index (χ1) is 13.6. The van der Waals surface area contributed by atoms with Crippen LogP contribution in [0.15, 0.2) is 0 Å². The van der Waals surface area contributed by atoms with Crippen molar-refractivity contribution in [1.82, 2.24) is 0 Å². The second-order valence-corrected chi connectivity index (χ2v) is 11.2. The van der Waals surface area contributed by atoms with Gasteiger partial charge in [-0.1, -0.05) is 13.8 Å². The molecule has 6 nitrogen and oxygen atoms in total. The SMILES string of the molecule is CCC[N+](C)(C)CCOC(=O)CCSCSCCC(=O)OCC[N+](C)(C)CCC. The Hall–Kier alpha value is -0.440. The van der Waals surface area contributed by atoms with Gasteiger partial charge in [-0.15, -0.1) is 0 Å². The quantitative estimate of drug-likeness (QED) is 0.138. The first-order valence-corrected chi connectivity index (χ1v) is 13.0. The molecule has 0 N–H and O–H groups in total. The molecule has 0 saturated carbocycles. The molecule has 0 aliphatic carbocycles.